The molecule has 1 aliphatic heterocycles. The molecule has 0 saturated heterocycles. The van der Waals surface area contributed by atoms with Crippen molar-refractivity contribution >= 4 is 29.3 Å². The molecule has 5 nitrogen and oxygen atoms in total. The molecule has 2 saturated carbocycles. The second kappa shape index (κ2) is 6.19. The van der Waals surface area contributed by atoms with Crippen molar-refractivity contribution in [2.45, 2.75) is 59.0 Å². The Balaban J connectivity index is 1.79. The quantitative estimate of drug-likeness (QED) is 0.649. The molecule has 28 heavy (non-hydrogen) atoms. The number of halogens is 1. The van der Waals surface area contributed by atoms with Gasteiger partial charge < -0.3 is 9.47 Å². The Bertz CT molecular complexity index is 829. The van der Waals surface area contributed by atoms with Crippen molar-refractivity contribution in [1.29, 1.82) is 0 Å². The maximum atomic E-state index is 12.7. The average Bonchev–Trinajstić information content (AvgIpc) is 2.90. The average molecular weight is 407 g/mol. The third-order valence-electron chi connectivity index (χ3n) is 8.15. The van der Waals surface area contributed by atoms with E-state index in [-0.39, 0.29) is 34.9 Å². The van der Waals surface area contributed by atoms with Crippen LogP contribution >= 0.6 is 11.6 Å². The lowest BCUT2D eigenvalue weighted by molar-refractivity contribution is -0.185. The molecule has 1 heterocycles. The number of allylic oxidation sites excluding steroid dienone is 2. The summed E-state index contributed by atoms with van der Waals surface area (Å²) >= 11 is 6.65. The zero-order valence-corrected chi connectivity index (χ0v) is 17.6. The minimum absolute atomic E-state index is 0.0737. The summed E-state index contributed by atoms with van der Waals surface area (Å²) in [4.78, 5) is 36.4. The normalized spacial score (nSPS) is 44.3. The van der Waals surface area contributed by atoms with Gasteiger partial charge in [0, 0.05) is 28.9 Å². The molecule has 152 valence electrons. The van der Waals surface area contributed by atoms with Gasteiger partial charge in [0.1, 0.15) is 6.61 Å². The minimum atomic E-state index is -1.06. The highest BCUT2D eigenvalue weighted by Gasteiger charge is 2.67. The summed E-state index contributed by atoms with van der Waals surface area (Å²) in [5, 5.41) is 0.609. The Morgan fingerprint density at radius 3 is 2.50 bits per heavy atom. The monoisotopic (exact) mass is 406 g/mol. The van der Waals surface area contributed by atoms with E-state index in [1.54, 1.807) is 0 Å². The zero-order chi connectivity index (χ0) is 20.5. The summed E-state index contributed by atoms with van der Waals surface area (Å²) in [6.45, 7) is 7.46. The van der Waals surface area contributed by atoms with Crippen molar-refractivity contribution < 1.29 is 23.9 Å². The number of fused-ring (bicyclic) bond motifs is 5. The van der Waals surface area contributed by atoms with Crippen molar-refractivity contribution in [3.8, 4) is 0 Å². The third kappa shape index (κ3) is 2.41. The van der Waals surface area contributed by atoms with Crippen LogP contribution in [0.15, 0.2) is 22.8 Å². The van der Waals surface area contributed by atoms with Gasteiger partial charge in [-0.1, -0.05) is 31.5 Å². The number of esters is 2. The van der Waals surface area contributed by atoms with Gasteiger partial charge in [-0.15, -0.1) is 0 Å². The molecular formula is C22H27ClO5. The molecule has 6 heteroatoms. The SMILES string of the molecule is CC(=O)O[C@]1(C(C)=O)CC[C@H]2[C@@H]3C=C(Cl)C4=CC(=O)OC[C@]4(C)[C@H]3CC[C@@]21C. The number of ether oxygens (including phenoxy) is 2. The molecule has 2 fully saturated rings. The Kier molecular flexibility index (Phi) is 4.35. The van der Waals surface area contributed by atoms with E-state index < -0.39 is 17.0 Å². The van der Waals surface area contributed by atoms with Crippen LogP contribution in [0.4, 0.5) is 0 Å². The fraction of sp³-hybridized carbons (Fsp3) is 0.682. The smallest absolute Gasteiger partial charge is 0.331 e. The van der Waals surface area contributed by atoms with E-state index in [0.717, 1.165) is 24.8 Å². The molecule has 0 bridgehead atoms. The van der Waals surface area contributed by atoms with E-state index in [2.05, 4.69) is 19.9 Å². The van der Waals surface area contributed by atoms with Gasteiger partial charge in [0.15, 0.2) is 11.4 Å². The van der Waals surface area contributed by atoms with Crippen LogP contribution in [-0.2, 0) is 23.9 Å². The van der Waals surface area contributed by atoms with E-state index in [1.807, 2.05) is 0 Å². The van der Waals surface area contributed by atoms with Crippen molar-refractivity contribution in [2.24, 2.45) is 28.6 Å². The Morgan fingerprint density at radius 2 is 1.86 bits per heavy atom. The summed E-state index contributed by atoms with van der Waals surface area (Å²) in [6, 6.07) is 0. The molecule has 3 aliphatic carbocycles. The van der Waals surface area contributed by atoms with Crippen LogP contribution in [0.2, 0.25) is 0 Å². The molecule has 0 aromatic carbocycles. The highest BCUT2D eigenvalue weighted by molar-refractivity contribution is 6.32. The van der Waals surface area contributed by atoms with E-state index >= 15 is 0 Å². The summed E-state index contributed by atoms with van der Waals surface area (Å²) in [7, 11) is 0. The molecule has 6 atom stereocenters. The van der Waals surface area contributed by atoms with Crippen LogP contribution in [0.5, 0.6) is 0 Å². The number of rotatable bonds is 2. The first-order chi connectivity index (χ1) is 13.0. The second-order valence-corrected chi connectivity index (χ2v) is 9.77. The van der Waals surface area contributed by atoms with Crippen LogP contribution in [0.25, 0.3) is 0 Å². The van der Waals surface area contributed by atoms with Gasteiger partial charge in [-0.2, -0.15) is 0 Å². The first kappa shape index (κ1) is 19.7. The van der Waals surface area contributed by atoms with Gasteiger partial charge in [0.25, 0.3) is 0 Å². The van der Waals surface area contributed by atoms with E-state index in [4.69, 9.17) is 21.1 Å². The molecule has 0 spiro atoms. The van der Waals surface area contributed by atoms with Gasteiger partial charge in [-0.3, -0.25) is 9.59 Å². The van der Waals surface area contributed by atoms with Crippen LogP contribution in [0.3, 0.4) is 0 Å². The largest absolute Gasteiger partial charge is 0.462 e. The van der Waals surface area contributed by atoms with Gasteiger partial charge in [0.2, 0.25) is 0 Å². The number of hydrogen-bond acceptors (Lipinski definition) is 5. The van der Waals surface area contributed by atoms with Gasteiger partial charge >= 0.3 is 11.9 Å². The molecule has 0 aromatic rings. The summed E-state index contributed by atoms with van der Waals surface area (Å²) in [5.74, 6) is -0.221. The Hall–Kier alpha value is -1.62. The number of carbonyl (C=O) groups is 3. The maximum Gasteiger partial charge on any atom is 0.331 e. The van der Waals surface area contributed by atoms with Gasteiger partial charge in [-0.05, 0) is 55.9 Å². The van der Waals surface area contributed by atoms with Gasteiger partial charge in [-0.25, -0.2) is 4.79 Å². The van der Waals surface area contributed by atoms with E-state index in [1.165, 1.54) is 19.9 Å². The minimum Gasteiger partial charge on any atom is -0.462 e. The lowest BCUT2D eigenvalue weighted by atomic mass is 9.49. The highest BCUT2D eigenvalue weighted by atomic mass is 35.5. The van der Waals surface area contributed by atoms with Crippen molar-refractivity contribution in [2.75, 3.05) is 6.61 Å². The highest BCUT2D eigenvalue weighted by Crippen LogP contribution is 2.67. The lowest BCUT2D eigenvalue weighted by Gasteiger charge is -2.57. The molecule has 0 aromatic heterocycles. The predicted molar refractivity (Wildman–Crippen MR) is 103 cm³/mol. The molecule has 4 aliphatic rings. The number of carbonyl (C=O) groups excluding carboxylic acids is 3. The van der Waals surface area contributed by atoms with E-state index in [0.29, 0.717) is 18.1 Å². The van der Waals surface area contributed by atoms with Crippen LogP contribution in [0.1, 0.15) is 53.4 Å². The summed E-state index contributed by atoms with van der Waals surface area (Å²) in [6.07, 6.45) is 6.60. The molecule has 0 unspecified atom stereocenters. The molecule has 0 radical (unpaired) electrons. The van der Waals surface area contributed by atoms with E-state index in [9.17, 15) is 14.4 Å². The third-order valence-corrected chi connectivity index (χ3v) is 8.47. The topological polar surface area (TPSA) is 69.7 Å². The number of Topliss-reactive ketones (excluding diaryl/α,β-unsaturated/α-hetero) is 1. The van der Waals surface area contributed by atoms with Crippen LogP contribution in [0, 0.1) is 28.6 Å². The van der Waals surface area contributed by atoms with Gasteiger partial charge in [0.05, 0.1) is 0 Å². The fourth-order valence-electron chi connectivity index (χ4n) is 6.76. The maximum absolute atomic E-state index is 12.7. The number of cyclic esters (lactones) is 1. The van der Waals surface area contributed by atoms with Crippen molar-refractivity contribution in [3.05, 3.63) is 22.8 Å². The number of ketones is 1. The van der Waals surface area contributed by atoms with Crippen LogP contribution in [-0.4, -0.2) is 29.9 Å². The fourth-order valence-corrected chi connectivity index (χ4v) is 7.18. The summed E-state index contributed by atoms with van der Waals surface area (Å²) < 4.78 is 11.2. The van der Waals surface area contributed by atoms with Crippen molar-refractivity contribution in [1.82, 2.24) is 0 Å². The number of hydrogen-bond donors (Lipinski definition) is 0. The summed E-state index contributed by atoms with van der Waals surface area (Å²) in [5.41, 5.74) is -0.951. The Labute approximate surface area is 170 Å². The van der Waals surface area contributed by atoms with Crippen molar-refractivity contribution in [3.63, 3.8) is 0 Å². The molecular weight excluding hydrogens is 380 g/mol. The molecule has 0 amide bonds. The second-order valence-electron chi connectivity index (χ2n) is 9.36. The molecule has 4 rings (SSSR count). The Morgan fingerprint density at radius 1 is 1.18 bits per heavy atom. The first-order valence-corrected chi connectivity index (χ1v) is 10.4. The lowest BCUT2D eigenvalue weighted by Crippen LogP contribution is -2.58. The zero-order valence-electron chi connectivity index (χ0n) is 16.8. The first-order valence-electron chi connectivity index (χ1n) is 10.0. The standard InChI is InChI=1S/C22H27ClO5/c1-12(24)22(28-13(2)25)8-6-16-14-9-18(23)17-10-19(26)27-11-20(17,3)15(14)5-7-21(16,22)4/h9-10,14-16H,5-8,11H2,1-4H3/t14-,15+,16+,20-,21+,22+/m1/s1. The molecule has 0 N–H and O–H groups in total. The van der Waals surface area contributed by atoms with Crippen LogP contribution < -0.4 is 0 Å². The predicted octanol–water partition coefficient (Wildman–Crippen LogP) is 3.95.